The molecule has 0 spiro atoms. The Labute approximate surface area is 193 Å². The number of pyridine rings is 3. The van der Waals surface area contributed by atoms with Crippen LogP contribution in [0.15, 0.2) is 78.1 Å². The van der Waals surface area contributed by atoms with E-state index in [-0.39, 0.29) is 11.2 Å². The quantitative estimate of drug-likeness (QED) is 0.392. The molecule has 0 saturated carbocycles. The van der Waals surface area contributed by atoms with Crippen molar-refractivity contribution in [3.05, 3.63) is 89.4 Å². The number of nitrogens with zero attached hydrogens (tertiary/aromatic N) is 3. The molecule has 0 aliphatic heterocycles. The van der Waals surface area contributed by atoms with Crippen molar-refractivity contribution in [1.29, 1.82) is 0 Å². The van der Waals surface area contributed by atoms with Gasteiger partial charge in [-0.25, -0.2) is 4.39 Å². The number of hydrogen-bond acceptors (Lipinski definition) is 7. The van der Waals surface area contributed by atoms with E-state index in [2.05, 4.69) is 15.4 Å². The summed E-state index contributed by atoms with van der Waals surface area (Å²) in [7, 11) is 3.08. The average Bonchev–Trinajstić information content (AvgIpc) is 2.86. The van der Waals surface area contributed by atoms with E-state index in [1.807, 2.05) is 0 Å². The van der Waals surface area contributed by atoms with Crippen molar-refractivity contribution in [1.82, 2.24) is 14.6 Å². The molecule has 8 nitrogen and oxygen atoms in total. The minimum atomic E-state index is -0.567. The molecule has 3 heterocycles. The van der Waals surface area contributed by atoms with Crippen molar-refractivity contribution in [2.24, 2.45) is 0 Å². The van der Waals surface area contributed by atoms with Gasteiger partial charge in [-0.15, -0.1) is 0 Å². The third-order valence-electron chi connectivity index (χ3n) is 5.31. The number of nitrogens with one attached hydrogen (secondary N) is 1. The summed E-state index contributed by atoms with van der Waals surface area (Å²) in [6.07, 6.45) is 6.24. The molecule has 2 aromatic carbocycles. The van der Waals surface area contributed by atoms with Gasteiger partial charge >= 0.3 is 0 Å². The number of benzene rings is 2. The standard InChI is InChI=1S/C25H19FN4O4/c1-32-24-12-16-19(13-25(24)33-2)28-9-6-22(16)34-23-4-3-15(11-18(23)26)29-30-10-7-21(31)17-14-27-8-5-20(17)30/h3-14,29H,1-2H3. The highest BCUT2D eigenvalue weighted by atomic mass is 19.1. The Kier molecular flexibility index (Phi) is 5.43. The summed E-state index contributed by atoms with van der Waals surface area (Å²) in [5.41, 5.74) is 4.64. The van der Waals surface area contributed by atoms with Crippen LogP contribution in [-0.4, -0.2) is 28.9 Å². The number of hydrogen-bond donors (Lipinski definition) is 1. The SMILES string of the molecule is COc1cc2nccc(Oc3ccc(Nn4ccc(=O)c5cnccc54)cc3F)c2cc1OC. The summed E-state index contributed by atoms with van der Waals surface area (Å²) in [5.74, 6) is 0.942. The van der Waals surface area contributed by atoms with E-state index in [4.69, 9.17) is 14.2 Å². The maximum Gasteiger partial charge on any atom is 0.191 e. The predicted octanol–water partition coefficient (Wildman–Crippen LogP) is 4.77. The van der Waals surface area contributed by atoms with Crippen molar-refractivity contribution in [3.63, 3.8) is 0 Å². The second-order valence-corrected chi connectivity index (χ2v) is 7.34. The third-order valence-corrected chi connectivity index (χ3v) is 5.31. The highest BCUT2D eigenvalue weighted by Gasteiger charge is 2.13. The van der Waals surface area contributed by atoms with Gasteiger partial charge in [0, 0.05) is 48.4 Å². The van der Waals surface area contributed by atoms with Gasteiger partial charge in [0.1, 0.15) is 5.75 Å². The number of halogens is 1. The molecule has 0 saturated heterocycles. The zero-order valence-electron chi connectivity index (χ0n) is 18.3. The Bertz CT molecular complexity index is 1590. The summed E-state index contributed by atoms with van der Waals surface area (Å²) in [4.78, 5) is 20.4. The molecule has 0 unspecified atom stereocenters. The van der Waals surface area contributed by atoms with Crippen LogP contribution in [0.2, 0.25) is 0 Å². The van der Waals surface area contributed by atoms with Crippen molar-refractivity contribution < 1.29 is 18.6 Å². The largest absolute Gasteiger partial charge is 0.493 e. The van der Waals surface area contributed by atoms with Crippen LogP contribution in [0.25, 0.3) is 21.8 Å². The van der Waals surface area contributed by atoms with E-state index >= 15 is 0 Å². The van der Waals surface area contributed by atoms with Crippen LogP contribution in [0.3, 0.4) is 0 Å². The molecule has 0 aliphatic rings. The lowest BCUT2D eigenvalue weighted by molar-refractivity contribution is 0.355. The molecule has 34 heavy (non-hydrogen) atoms. The lowest BCUT2D eigenvalue weighted by Crippen LogP contribution is -2.14. The molecule has 0 fully saturated rings. The second kappa shape index (κ2) is 8.70. The zero-order chi connectivity index (χ0) is 23.7. The minimum Gasteiger partial charge on any atom is -0.493 e. The molecule has 9 heteroatoms. The van der Waals surface area contributed by atoms with Gasteiger partial charge in [0.25, 0.3) is 0 Å². The topological polar surface area (TPSA) is 87.5 Å². The van der Waals surface area contributed by atoms with Gasteiger partial charge in [0.05, 0.1) is 36.3 Å². The zero-order valence-corrected chi connectivity index (χ0v) is 18.3. The van der Waals surface area contributed by atoms with Crippen LogP contribution in [0.4, 0.5) is 10.1 Å². The van der Waals surface area contributed by atoms with Crippen LogP contribution in [0.1, 0.15) is 0 Å². The Hall–Kier alpha value is -4.66. The fourth-order valence-electron chi connectivity index (χ4n) is 3.64. The molecule has 0 radical (unpaired) electrons. The lowest BCUT2D eigenvalue weighted by Gasteiger charge is -2.15. The Morgan fingerprint density at radius 2 is 1.71 bits per heavy atom. The Morgan fingerprint density at radius 3 is 2.50 bits per heavy atom. The molecule has 0 bridgehead atoms. The molecule has 0 amide bonds. The first-order valence-corrected chi connectivity index (χ1v) is 10.3. The van der Waals surface area contributed by atoms with Crippen molar-refractivity contribution in [2.75, 3.05) is 19.6 Å². The van der Waals surface area contributed by atoms with Crippen LogP contribution in [0, 0.1) is 5.82 Å². The third kappa shape index (κ3) is 3.83. The van der Waals surface area contributed by atoms with E-state index < -0.39 is 5.82 Å². The van der Waals surface area contributed by atoms with Gasteiger partial charge in [-0.05, 0) is 30.3 Å². The monoisotopic (exact) mass is 458 g/mol. The molecule has 3 aromatic heterocycles. The Balaban J connectivity index is 1.46. The van der Waals surface area contributed by atoms with E-state index in [0.29, 0.717) is 44.7 Å². The number of fused-ring (bicyclic) bond motifs is 2. The molecule has 5 aromatic rings. The first kappa shape index (κ1) is 21.2. The summed E-state index contributed by atoms with van der Waals surface area (Å²) in [5, 5.41) is 1.10. The maximum absolute atomic E-state index is 15.0. The molecule has 0 atom stereocenters. The van der Waals surface area contributed by atoms with E-state index in [1.165, 1.54) is 31.5 Å². The second-order valence-electron chi connectivity index (χ2n) is 7.34. The van der Waals surface area contributed by atoms with Gasteiger partial charge in [-0.2, -0.15) is 0 Å². The van der Waals surface area contributed by atoms with E-state index in [0.717, 1.165) is 0 Å². The van der Waals surface area contributed by atoms with Crippen LogP contribution >= 0.6 is 0 Å². The van der Waals surface area contributed by atoms with Crippen molar-refractivity contribution in [2.45, 2.75) is 0 Å². The maximum atomic E-state index is 15.0. The normalized spacial score (nSPS) is 10.9. The van der Waals surface area contributed by atoms with Gasteiger partial charge in [-0.1, -0.05) is 0 Å². The highest BCUT2D eigenvalue weighted by molar-refractivity contribution is 5.88. The number of rotatable bonds is 6. The number of aromatic nitrogens is 3. The minimum absolute atomic E-state index is 0.0433. The molecule has 0 aliphatic carbocycles. The summed E-state index contributed by atoms with van der Waals surface area (Å²) < 4.78 is 33.2. The lowest BCUT2D eigenvalue weighted by atomic mass is 10.2. The molecular formula is C25H19FN4O4. The first-order chi connectivity index (χ1) is 16.6. The molecule has 170 valence electrons. The summed E-state index contributed by atoms with van der Waals surface area (Å²) >= 11 is 0. The number of ether oxygens (including phenoxy) is 3. The summed E-state index contributed by atoms with van der Waals surface area (Å²) in [6, 6.07) is 12.8. The van der Waals surface area contributed by atoms with Gasteiger partial charge in [0.15, 0.2) is 28.5 Å². The molecule has 1 N–H and O–H groups in total. The first-order valence-electron chi connectivity index (χ1n) is 10.3. The van der Waals surface area contributed by atoms with Crippen LogP contribution < -0.4 is 25.1 Å². The average molecular weight is 458 g/mol. The van der Waals surface area contributed by atoms with Gasteiger partial charge in [0.2, 0.25) is 0 Å². The smallest absolute Gasteiger partial charge is 0.191 e. The number of anilines is 1. The van der Waals surface area contributed by atoms with Crippen LogP contribution in [0.5, 0.6) is 23.0 Å². The predicted molar refractivity (Wildman–Crippen MR) is 126 cm³/mol. The van der Waals surface area contributed by atoms with E-state index in [9.17, 15) is 9.18 Å². The van der Waals surface area contributed by atoms with Gasteiger partial charge < -0.3 is 14.2 Å². The Morgan fingerprint density at radius 1 is 0.882 bits per heavy atom. The summed E-state index contributed by atoms with van der Waals surface area (Å²) in [6.45, 7) is 0. The fourth-order valence-corrected chi connectivity index (χ4v) is 3.64. The van der Waals surface area contributed by atoms with Crippen molar-refractivity contribution in [3.8, 4) is 23.0 Å². The fraction of sp³-hybridized carbons (Fsp3) is 0.0800. The molecule has 5 rings (SSSR count). The van der Waals surface area contributed by atoms with Crippen LogP contribution in [-0.2, 0) is 0 Å². The van der Waals surface area contributed by atoms with E-state index in [1.54, 1.807) is 60.7 Å². The van der Waals surface area contributed by atoms with Gasteiger partial charge in [-0.3, -0.25) is 24.9 Å². The van der Waals surface area contributed by atoms with Crippen molar-refractivity contribution >= 4 is 27.5 Å². The molecular weight excluding hydrogens is 439 g/mol. The number of methoxy groups -OCH3 is 2. The highest BCUT2D eigenvalue weighted by Crippen LogP contribution is 2.37.